The van der Waals surface area contributed by atoms with Gasteiger partial charge in [0.2, 0.25) is 5.91 Å². The molecule has 1 amide bonds. The van der Waals surface area contributed by atoms with Gasteiger partial charge in [0, 0.05) is 11.3 Å². The van der Waals surface area contributed by atoms with Gasteiger partial charge in [-0.15, -0.1) is 0 Å². The van der Waals surface area contributed by atoms with Gasteiger partial charge in [0.25, 0.3) is 0 Å². The molecule has 0 bridgehead atoms. The average Bonchev–Trinajstić information content (AvgIpc) is 2.61. The summed E-state index contributed by atoms with van der Waals surface area (Å²) in [5.41, 5.74) is 1.53. The van der Waals surface area contributed by atoms with Crippen molar-refractivity contribution in [2.45, 2.75) is 6.92 Å². The highest BCUT2D eigenvalue weighted by Crippen LogP contribution is 2.36. The summed E-state index contributed by atoms with van der Waals surface area (Å²) >= 11 is 6.09. The monoisotopic (exact) mass is 372 g/mol. The van der Waals surface area contributed by atoms with E-state index in [9.17, 15) is 14.9 Å². The molecule has 0 aromatic heterocycles. The van der Waals surface area contributed by atoms with E-state index >= 15 is 0 Å². The predicted molar refractivity (Wildman–Crippen MR) is 97.8 cm³/mol. The number of carbonyl (C=O) groups excluding carboxylic acids is 2. The SMILES string of the molecule is COc1cc(C(=O)C(C#N)C(=O)Nc2cccc(C)c2)cc(Cl)c1OC. The number of ketones is 1. The smallest absolute Gasteiger partial charge is 0.249 e. The quantitative estimate of drug-likeness (QED) is 0.618. The Bertz CT molecular complexity index is 890. The van der Waals surface area contributed by atoms with Gasteiger partial charge in [-0.25, -0.2) is 0 Å². The van der Waals surface area contributed by atoms with Gasteiger partial charge in [0.05, 0.1) is 25.3 Å². The van der Waals surface area contributed by atoms with Crippen LogP contribution < -0.4 is 14.8 Å². The third-order valence-electron chi connectivity index (χ3n) is 3.66. The molecule has 1 unspecified atom stereocenters. The molecule has 0 radical (unpaired) electrons. The zero-order valence-corrected chi connectivity index (χ0v) is 15.3. The maximum atomic E-state index is 12.7. The van der Waals surface area contributed by atoms with Gasteiger partial charge in [0.15, 0.2) is 23.2 Å². The second-order valence-corrected chi connectivity index (χ2v) is 5.89. The second kappa shape index (κ2) is 8.37. The van der Waals surface area contributed by atoms with Crippen LogP contribution in [0.25, 0.3) is 0 Å². The number of nitrogens with zero attached hydrogens (tertiary/aromatic N) is 1. The molecule has 0 aliphatic heterocycles. The Balaban J connectivity index is 2.30. The standard InChI is InChI=1S/C19H17ClN2O4/c1-11-5-4-6-13(7-11)22-19(24)14(10-21)17(23)12-8-15(20)18(26-3)16(9-12)25-2/h4-9,14H,1-3H3,(H,22,24). The molecule has 0 heterocycles. The lowest BCUT2D eigenvalue weighted by Gasteiger charge is -2.13. The molecular formula is C19H17ClN2O4. The van der Waals surface area contributed by atoms with E-state index < -0.39 is 17.6 Å². The predicted octanol–water partition coefficient (Wildman–Crippen LogP) is 3.63. The molecule has 0 saturated heterocycles. The van der Waals surface area contributed by atoms with Crippen LogP contribution in [-0.4, -0.2) is 25.9 Å². The van der Waals surface area contributed by atoms with Crippen molar-refractivity contribution >= 4 is 29.0 Å². The van der Waals surface area contributed by atoms with Crippen molar-refractivity contribution in [2.24, 2.45) is 5.92 Å². The molecule has 0 saturated carbocycles. The Hall–Kier alpha value is -3.04. The van der Waals surface area contributed by atoms with Crippen LogP contribution in [-0.2, 0) is 4.79 Å². The van der Waals surface area contributed by atoms with Crippen molar-refractivity contribution in [1.82, 2.24) is 0 Å². The van der Waals surface area contributed by atoms with Crippen molar-refractivity contribution in [2.75, 3.05) is 19.5 Å². The number of amides is 1. The molecule has 134 valence electrons. The van der Waals surface area contributed by atoms with E-state index in [1.165, 1.54) is 26.4 Å². The van der Waals surface area contributed by atoms with E-state index in [1.807, 2.05) is 13.0 Å². The molecule has 2 aromatic carbocycles. The van der Waals surface area contributed by atoms with Gasteiger partial charge < -0.3 is 14.8 Å². The van der Waals surface area contributed by atoms with Gasteiger partial charge in [-0.3, -0.25) is 9.59 Å². The van der Waals surface area contributed by atoms with Crippen molar-refractivity contribution in [3.05, 3.63) is 52.5 Å². The van der Waals surface area contributed by atoms with E-state index in [0.717, 1.165) is 5.56 Å². The summed E-state index contributed by atoms with van der Waals surface area (Å²) in [7, 11) is 2.81. The third kappa shape index (κ3) is 4.13. The van der Waals surface area contributed by atoms with Crippen LogP contribution in [0.5, 0.6) is 11.5 Å². The number of methoxy groups -OCH3 is 2. The number of nitrogens with one attached hydrogen (secondary N) is 1. The molecule has 1 N–H and O–H groups in total. The number of nitriles is 1. The summed E-state index contributed by atoms with van der Waals surface area (Å²) in [6.07, 6.45) is 0. The van der Waals surface area contributed by atoms with Crippen molar-refractivity contribution in [3.63, 3.8) is 0 Å². The molecular weight excluding hydrogens is 356 g/mol. The first-order chi connectivity index (χ1) is 12.4. The number of ether oxygens (including phenoxy) is 2. The van der Waals surface area contributed by atoms with E-state index in [-0.39, 0.29) is 22.1 Å². The van der Waals surface area contributed by atoms with Crippen LogP contribution >= 0.6 is 11.6 Å². The highest BCUT2D eigenvalue weighted by atomic mass is 35.5. The van der Waals surface area contributed by atoms with E-state index in [0.29, 0.717) is 5.69 Å². The molecule has 26 heavy (non-hydrogen) atoms. The van der Waals surface area contributed by atoms with Crippen LogP contribution in [0.15, 0.2) is 36.4 Å². The van der Waals surface area contributed by atoms with E-state index in [1.54, 1.807) is 24.3 Å². The molecule has 6 nitrogen and oxygen atoms in total. The van der Waals surface area contributed by atoms with Crippen LogP contribution in [0.4, 0.5) is 5.69 Å². The van der Waals surface area contributed by atoms with Crippen molar-refractivity contribution in [1.29, 1.82) is 5.26 Å². The van der Waals surface area contributed by atoms with E-state index in [4.69, 9.17) is 21.1 Å². The summed E-state index contributed by atoms with van der Waals surface area (Å²) in [6.45, 7) is 1.87. The fourth-order valence-electron chi connectivity index (χ4n) is 2.40. The first kappa shape index (κ1) is 19.3. The molecule has 0 aliphatic rings. The van der Waals surface area contributed by atoms with Crippen molar-refractivity contribution in [3.8, 4) is 17.6 Å². The van der Waals surface area contributed by atoms with Crippen LogP contribution in [0.3, 0.4) is 0 Å². The average molecular weight is 373 g/mol. The van der Waals surface area contributed by atoms with Gasteiger partial charge in [0.1, 0.15) is 0 Å². The van der Waals surface area contributed by atoms with Gasteiger partial charge in [-0.1, -0.05) is 23.7 Å². The largest absolute Gasteiger partial charge is 0.493 e. The van der Waals surface area contributed by atoms with E-state index in [2.05, 4.69) is 5.32 Å². The molecule has 2 rings (SSSR count). The number of halogens is 1. The molecule has 7 heteroatoms. The fourth-order valence-corrected chi connectivity index (χ4v) is 2.69. The number of rotatable bonds is 6. The zero-order valence-electron chi connectivity index (χ0n) is 14.5. The molecule has 1 atom stereocenters. The number of anilines is 1. The highest BCUT2D eigenvalue weighted by Gasteiger charge is 2.29. The molecule has 0 fully saturated rings. The van der Waals surface area contributed by atoms with Crippen LogP contribution in [0, 0.1) is 24.2 Å². The van der Waals surface area contributed by atoms with Crippen LogP contribution in [0.2, 0.25) is 5.02 Å². The zero-order chi connectivity index (χ0) is 19.3. The number of hydrogen-bond donors (Lipinski definition) is 1. The summed E-state index contributed by atoms with van der Waals surface area (Å²) in [5, 5.41) is 12.1. The number of hydrogen-bond acceptors (Lipinski definition) is 5. The second-order valence-electron chi connectivity index (χ2n) is 5.48. The number of benzene rings is 2. The maximum absolute atomic E-state index is 12.7. The van der Waals surface area contributed by atoms with Crippen molar-refractivity contribution < 1.29 is 19.1 Å². The Labute approximate surface area is 156 Å². The lowest BCUT2D eigenvalue weighted by molar-refractivity contribution is -0.117. The summed E-state index contributed by atoms with van der Waals surface area (Å²) < 4.78 is 10.3. The molecule has 0 spiro atoms. The minimum atomic E-state index is -1.52. The lowest BCUT2D eigenvalue weighted by atomic mass is 9.97. The van der Waals surface area contributed by atoms with Gasteiger partial charge in [-0.05, 0) is 36.8 Å². The Morgan fingerprint density at radius 1 is 1.19 bits per heavy atom. The number of Topliss-reactive ketones (excluding diaryl/α,β-unsaturated/α-hetero) is 1. The van der Waals surface area contributed by atoms with Gasteiger partial charge >= 0.3 is 0 Å². The maximum Gasteiger partial charge on any atom is 0.249 e. The Morgan fingerprint density at radius 3 is 2.50 bits per heavy atom. The normalized spacial score (nSPS) is 11.2. The first-order valence-electron chi connectivity index (χ1n) is 7.64. The van der Waals surface area contributed by atoms with Crippen LogP contribution in [0.1, 0.15) is 15.9 Å². The Kier molecular flexibility index (Phi) is 6.21. The first-order valence-corrected chi connectivity index (χ1v) is 8.02. The minimum Gasteiger partial charge on any atom is -0.493 e. The minimum absolute atomic E-state index is 0.0820. The fraction of sp³-hybridized carbons (Fsp3) is 0.211. The summed E-state index contributed by atoms with van der Waals surface area (Å²) in [5.74, 6) is -2.42. The van der Waals surface area contributed by atoms with Gasteiger partial charge in [-0.2, -0.15) is 5.26 Å². The highest BCUT2D eigenvalue weighted by molar-refractivity contribution is 6.33. The number of carbonyl (C=O) groups is 2. The topological polar surface area (TPSA) is 88.4 Å². The summed E-state index contributed by atoms with van der Waals surface area (Å²) in [4.78, 5) is 25.0. The lowest BCUT2D eigenvalue weighted by Crippen LogP contribution is -2.28. The molecule has 0 aliphatic carbocycles. The Morgan fingerprint density at radius 2 is 1.92 bits per heavy atom. The summed E-state index contributed by atoms with van der Waals surface area (Å²) in [6, 6.07) is 11.5. The number of aryl methyl sites for hydroxylation is 1. The third-order valence-corrected chi connectivity index (χ3v) is 3.94. The molecule has 2 aromatic rings.